The van der Waals surface area contributed by atoms with E-state index in [1.54, 1.807) is 13.0 Å². The minimum absolute atomic E-state index is 0.0801. The van der Waals surface area contributed by atoms with Crippen LogP contribution in [0.25, 0.3) is 0 Å². The van der Waals surface area contributed by atoms with Gasteiger partial charge in [-0.1, -0.05) is 25.0 Å². The third-order valence-corrected chi connectivity index (χ3v) is 7.40. The van der Waals surface area contributed by atoms with Gasteiger partial charge in [0.1, 0.15) is 5.00 Å². The molecule has 0 spiro atoms. The molecule has 0 unspecified atom stereocenters. The number of allylic oxidation sites excluding steroid dienone is 2. The fraction of sp³-hybridized carbons (Fsp3) is 0.591. The fourth-order valence-corrected chi connectivity index (χ4v) is 5.99. The van der Waals surface area contributed by atoms with Crippen LogP contribution in [0, 0.1) is 23.7 Å². The fourth-order valence-electron chi connectivity index (χ4n) is 4.93. The number of carboxylic acid groups (broad SMARTS) is 1. The van der Waals surface area contributed by atoms with Gasteiger partial charge in [-0.25, -0.2) is 4.79 Å². The van der Waals surface area contributed by atoms with Crippen molar-refractivity contribution in [2.24, 2.45) is 23.7 Å². The third kappa shape index (κ3) is 3.84. The number of hydrogen-bond acceptors (Lipinski definition) is 6. The predicted molar refractivity (Wildman–Crippen MR) is 110 cm³/mol. The van der Waals surface area contributed by atoms with Crippen molar-refractivity contribution in [3.05, 3.63) is 27.7 Å². The minimum Gasteiger partial charge on any atom is -0.550 e. The van der Waals surface area contributed by atoms with Crippen LogP contribution >= 0.6 is 11.3 Å². The molecular weight excluding hydrogens is 390 g/mol. The number of aliphatic carboxylic acids is 1. The highest BCUT2D eigenvalue weighted by Crippen LogP contribution is 2.57. The molecule has 1 aromatic rings. The van der Waals surface area contributed by atoms with Gasteiger partial charge in [-0.15, -0.1) is 11.3 Å². The first kappa shape index (κ1) is 21.6. The molecule has 3 rings (SSSR count). The lowest BCUT2D eigenvalue weighted by Gasteiger charge is -2.30. The highest BCUT2D eigenvalue weighted by Gasteiger charge is 2.54. The lowest BCUT2D eigenvalue weighted by Crippen LogP contribution is -2.44. The number of carboxylic acids is 1. The molecule has 2 aliphatic carbocycles. The summed E-state index contributed by atoms with van der Waals surface area (Å²) in [7, 11) is 0. The summed E-state index contributed by atoms with van der Waals surface area (Å²) in [6.45, 7) is 9.93. The molecule has 6 nitrogen and oxygen atoms in total. The second-order valence-electron chi connectivity index (χ2n) is 8.37. The molecule has 2 fully saturated rings. The molecule has 2 bridgehead atoms. The van der Waals surface area contributed by atoms with E-state index in [0.717, 1.165) is 28.9 Å². The Balaban J connectivity index is 1.93. The molecule has 2 saturated carbocycles. The summed E-state index contributed by atoms with van der Waals surface area (Å²) < 4.78 is 5.13. The standard InChI is InChI=1S/C22H29NO5S/c1-6-28-22(27)14-9-15(10(2)3)29-20(14)23-19(24)17-12-7-8-13(16(12)11(4)5)18(17)21(25)26/h9-10,12-13,17-18H,6-8H2,1-5H3,(H,23,24)(H,25,26)/p-1/t12-,13+,17+,18-/m0/s1. The van der Waals surface area contributed by atoms with Crippen LogP contribution in [-0.4, -0.2) is 24.5 Å². The second kappa shape index (κ2) is 8.30. The van der Waals surface area contributed by atoms with Crippen molar-refractivity contribution in [2.75, 3.05) is 11.9 Å². The molecule has 1 heterocycles. The Morgan fingerprint density at radius 3 is 2.34 bits per heavy atom. The van der Waals surface area contributed by atoms with Crippen molar-refractivity contribution in [1.29, 1.82) is 0 Å². The number of hydrogen-bond donors (Lipinski definition) is 1. The van der Waals surface area contributed by atoms with Crippen molar-refractivity contribution >= 4 is 34.2 Å². The maximum absolute atomic E-state index is 13.2. The monoisotopic (exact) mass is 418 g/mol. The number of amides is 1. The van der Waals surface area contributed by atoms with Crippen LogP contribution in [0.4, 0.5) is 5.00 Å². The van der Waals surface area contributed by atoms with E-state index in [2.05, 4.69) is 5.32 Å². The van der Waals surface area contributed by atoms with Crippen LogP contribution in [0.15, 0.2) is 17.2 Å². The van der Waals surface area contributed by atoms with Crippen LogP contribution in [-0.2, 0) is 14.3 Å². The molecule has 0 radical (unpaired) electrons. The first-order valence-corrected chi connectivity index (χ1v) is 11.0. The summed E-state index contributed by atoms with van der Waals surface area (Å²) in [5, 5.41) is 15.2. The number of rotatable bonds is 6. The summed E-state index contributed by atoms with van der Waals surface area (Å²) in [6.07, 6.45) is 1.58. The van der Waals surface area contributed by atoms with Crippen LogP contribution in [0.1, 0.15) is 68.6 Å². The zero-order valence-corrected chi connectivity index (χ0v) is 18.4. The van der Waals surface area contributed by atoms with Gasteiger partial charge in [0.25, 0.3) is 0 Å². The Bertz CT molecular complexity index is 865. The summed E-state index contributed by atoms with van der Waals surface area (Å²) in [5.74, 6) is -3.54. The zero-order valence-electron chi connectivity index (χ0n) is 17.5. The molecule has 0 saturated heterocycles. The normalized spacial score (nSPS) is 25.4. The Morgan fingerprint density at radius 1 is 1.21 bits per heavy atom. The number of carbonyl (C=O) groups excluding carboxylic acids is 3. The first-order valence-electron chi connectivity index (χ1n) is 10.2. The molecule has 1 amide bonds. The molecular formula is C22H28NO5S-. The van der Waals surface area contributed by atoms with E-state index in [0.29, 0.717) is 10.6 Å². The Labute approximate surface area is 175 Å². The van der Waals surface area contributed by atoms with E-state index < -0.39 is 23.8 Å². The number of nitrogens with one attached hydrogen (secondary N) is 1. The van der Waals surface area contributed by atoms with Crippen molar-refractivity contribution in [1.82, 2.24) is 0 Å². The van der Waals surface area contributed by atoms with E-state index in [1.165, 1.54) is 11.3 Å². The van der Waals surface area contributed by atoms with Crippen LogP contribution in [0.3, 0.4) is 0 Å². The van der Waals surface area contributed by atoms with Gasteiger partial charge in [-0.05, 0) is 57.4 Å². The first-order chi connectivity index (χ1) is 13.7. The van der Waals surface area contributed by atoms with Crippen molar-refractivity contribution in [2.45, 2.75) is 53.4 Å². The minimum atomic E-state index is -1.17. The van der Waals surface area contributed by atoms with Gasteiger partial charge in [0, 0.05) is 16.8 Å². The lowest BCUT2D eigenvalue weighted by molar-refractivity contribution is -0.314. The molecule has 29 heavy (non-hydrogen) atoms. The van der Waals surface area contributed by atoms with Gasteiger partial charge in [0.15, 0.2) is 0 Å². The quantitative estimate of drug-likeness (QED) is 0.565. The van der Waals surface area contributed by atoms with Gasteiger partial charge in [0.05, 0.1) is 18.1 Å². The van der Waals surface area contributed by atoms with Gasteiger partial charge in [-0.3, -0.25) is 4.79 Å². The smallest absolute Gasteiger partial charge is 0.341 e. The number of anilines is 1. The van der Waals surface area contributed by atoms with Crippen molar-refractivity contribution < 1.29 is 24.2 Å². The average Bonchev–Trinajstić information content (AvgIpc) is 3.32. The zero-order chi connectivity index (χ0) is 21.5. The number of fused-ring (bicyclic) bond motifs is 2. The van der Waals surface area contributed by atoms with E-state index in [9.17, 15) is 19.5 Å². The Morgan fingerprint density at radius 2 is 1.83 bits per heavy atom. The molecule has 7 heteroatoms. The maximum atomic E-state index is 13.2. The Kier molecular flexibility index (Phi) is 6.17. The SMILES string of the molecule is CCOC(=O)c1cc(C(C)C)sc1NC(=O)[C@H]1[C@@H](C(=O)[O-])[C@@H]2CC[C@H]1C2=C(C)C. The van der Waals surface area contributed by atoms with E-state index in [-0.39, 0.29) is 30.3 Å². The lowest BCUT2D eigenvalue weighted by atomic mass is 9.79. The molecule has 0 aromatic carbocycles. The molecule has 0 aliphatic heterocycles. The average molecular weight is 419 g/mol. The van der Waals surface area contributed by atoms with Gasteiger partial charge in [0.2, 0.25) is 5.91 Å². The Hall–Kier alpha value is -2.15. The summed E-state index contributed by atoms with van der Waals surface area (Å²) in [4.78, 5) is 38.4. The summed E-state index contributed by atoms with van der Waals surface area (Å²) >= 11 is 1.34. The number of carbonyl (C=O) groups is 3. The highest BCUT2D eigenvalue weighted by atomic mass is 32.1. The summed E-state index contributed by atoms with van der Waals surface area (Å²) in [6, 6.07) is 1.75. The van der Waals surface area contributed by atoms with Gasteiger partial charge in [-0.2, -0.15) is 0 Å². The third-order valence-electron chi connectivity index (χ3n) is 6.05. The largest absolute Gasteiger partial charge is 0.550 e. The predicted octanol–water partition coefficient (Wildman–Crippen LogP) is 3.35. The molecule has 1 N–H and O–H groups in total. The highest BCUT2D eigenvalue weighted by molar-refractivity contribution is 7.16. The summed E-state index contributed by atoms with van der Waals surface area (Å²) in [5.41, 5.74) is 2.51. The molecule has 2 aliphatic rings. The van der Waals surface area contributed by atoms with Crippen LogP contribution in [0.2, 0.25) is 0 Å². The molecule has 1 aromatic heterocycles. The molecule has 4 atom stereocenters. The number of esters is 1. The van der Waals surface area contributed by atoms with Gasteiger partial charge < -0.3 is 20.0 Å². The van der Waals surface area contributed by atoms with Crippen LogP contribution < -0.4 is 10.4 Å². The molecule has 158 valence electrons. The number of ether oxygens (including phenoxy) is 1. The second-order valence-corrected chi connectivity index (χ2v) is 9.46. The maximum Gasteiger partial charge on any atom is 0.341 e. The van der Waals surface area contributed by atoms with Crippen molar-refractivity contribution in [3.8, 4) is 0 Å². The van der Waals surface area contributed by atoms with Gasteiger partial charge >= 0.3 is 5.97 Å². The van der Waals surface area contributed by atoms with E-state index in [4.69, 9.17) is 4.74 Å². The van der Waals surface area contributed by atoms with Crippen LogP contribution in [0.5, 0.6) is 0 Å². The topological polar surface area (TPSA) is 95.5 Å². The van der Waals surface area contributed by atoms with E-state index in [1.807, 2.05) is 27.7 Å². The van der Waals surface area contributed by atoms with Crippen molar-refractivity contribution in [3.63, 3.8) is 0 Å². The van der Waals surface area contributed by atoms with E-state index >= 15 is 0 Å². The number of thiophene rings is 1.